The number of sulfonamides is 1. The molecule has 0 amide bonds. The summed E-state index contributed by atoms with van der Waals surface area (Å²) in [5.41, 5.74) is 7.29. The fourth-order valence-corrected chi connectivity index (χ4v) is 3.61. The van der Waals surface area contributed by atoms with E-state index in [-0.39, 0.29) is 11.9 Å². The van der Waals surface area contributed by atoms with Crippen molar-refractivity contribution in [1.29, 1.82) is 0 Å². The number of hydrogen-bond donors (Lipinski definition) is 2. The van der Waals surface area contributed by atoms with Crippen LogP contribution in [-0.4, -0.2) is 27.7 Å². The molecule has 1 aromatic rings. The molecule has 3 N–H and O–H groups in total. The highest BCUT2D eigenvalue weighted by molar-refractivity contribution is 7.88. The van der Waals surface area contributed by atoms with Crippen molar-refractivity contribution in [1.82, 2.24) is 4.72 Å². The first-order chi connectivity index (χ1) is 10.1. The summed E-state index contributed by atoms with van der Waals surface area (Å²) < 4.78 is 32.3. The average Bonchev–Trinajstić information content (AvgIpc) is 2.48. The van der Waals surface area contributed by atoms with Crippen LogP contribution in [0.15, 0.2) is 24.3 Å². The van der Waals surface area contributed by atoms with E-state index >= 15 is 0 Å². The molecule has 6 heteroatoms. The maximum absolute atomic E-state index is 12.0. The van der Waals surface area contributed by atoms with Gasteiger partial charge in [0.25, 0.3) is 0 Å². The molecule has 1 aromatic carbocycles. The Kier molecular flexibility index (Phi) is 6.17. The number of nitrogens with two attached hydrogens (primary N) is 1. The van der Waals surface area contributed by atoms with Gasteiger partial charge in [0.05, 0.1) is 11.9 Å². The Hall–Kier alpha value is -0.950. The largest absolute Gasteiger partial charge is 0.378 e. The minimum absolute atomic E-state index is 0.00335. The van der Waals surface area contributed by atoms with Crippen molar-refractivity contribution in [2.45, 2.75) is 44.1 Å². The fourth-order valence-electron chi connectivity index (χ4n) is 2.45. The van der Waals surface area contributed by atoms with Gasteiger partial charge in [-0.15, -0.1) is 0 Å². The van der Waals surface area contributed by atoms with Gasteiger partial charge in [-0.25, -0.2) is 13.1 Å². The van der Waals surface area contributed by atoms with Gasteiger partial charge in [-0.05, 0) is 36.8 Å². The quantitative estimate of drug-likeness (QED) is 0.800. The SMILES string of the molecule is NCc1ccc(CS(=O)(=O)NCCC2CCCCO2)cc1. The van der Waals surface area contributed by atoms with Crippen LogP contribution >= 0.6 is 0 Å². The van der Waals surface area contributed by atoms with E-state index in [0.717, 1.165) is 37.0 Å². The third-order valence-electron chi connectivity index (χ3n) is 3.68. The highest BCUT2D eigenvalue weighted by Gasteiger charge is 2.16. The molecule has 0 aliphatic carbocycles. The number of ether oxygens (including phenoxy) is 1. The zero-order valence-corrected chi connectivity index (χ0v) is 13.1. The van der Waals surface area contributed by atoms with E-state index in [1.54, 1.807) is 0 Å². The van der Waals surface area contributed by atoms with E-state index in [1.807, 2.05) is 24.3 Å². The van der Waals surface area contributed by atoms with Crippen LogP contribution in [0.5, 0.6) is 0 Å². The van der Waals surface area contributed by atoms with Crippen molar-refractivity contribution in [3.05, 3.63) is 35.4 Å². The monoisotopic (exact) mass is 312 g/mol. The van der Waals surface area contributed by atoms with Crippen molar-refractivity contribution in [3.8, 4) is 0 Å². The molecule has 21 heavy (non-hydrogen) atoms. The second-order valence-electron chi connectivity index (χ2n) is 5.45. The van der Waals surface area contributed by atoms with Gasteiger partial charge in [-0.1, -0.05) is 24.3 Å². The van der Waals surface area contributed by atoms with Crippen molar-refractivity contribution < 1.29 is 13.2 Å². The predicted octanol–water partition coefficient (Wildman–Crippen LogP) is 1.52. The minimum atomic E-state index is -3.29. The molecule has 1 aliphatic rings. The summed E-state index contributed by atoms with van der Waals surface area (Å²) in [5.74, 6) is 0.00335. The smallest absolute Gasteiger partial charge is 0.215 e. The van der Waals surface area contributed by atoms with E-state index in [0.29, 0.717) is 13.1 Å². The Morgan fingerprint density at radius 3 is 2.52 bits per heavy atom. The zero-order valence-electron chi connectivity index (χ0n) is 12.3. The highest BCUT2D eigenvalue weighted by atomic mass is 32.2. The molecule has 2 rings (SSSR count). The molecular weight excluding hydrogens is 288 g/mol. The lowest BCUT2D eigenvalue weighted by atomic mass is 10.1. The first-order valence-corrected chi connectivity index (χ1v) is 9.11. The molecule has 1 fully saturated rings. The summed E-state index contributed by atoms with van der Waals surface area (Å²) >= 11 is 0. The van der Waals surface area contributed by atoms with E-state index in [4.69, 9.17) is 10.5 Å². The Bertz CT molecular complexity index is 522. The molecule has 0 aromatic heterocycles. The molecule has 0 bridgehead atoms. The third-order valence-corrected chi connectivity index (χ3v) is 5.03. The summed E-state index contributed by atoms with van der Waals surface area (Å²) in [6, 6.07) is 7.35. The van der Waals surface area contributed by atoms with Gasteiger partial charge >= 0.3 is 0 Å². The van der Waals surface area contributed by atoms with Crippen LogP contribution in [0.1, 0.15) is 36.8 Å². The Morgan fingerprint density at radius 1 is 1.19 bits per heavy atom. The lowest BCUT2D eigenvalue weighted by Gasteiger charge is -2.22. The molecule has 1 heterocycles. The normalized spacial score (nSPS) is 19.6. The van der Waals surface area contributed by atoms with Crippen LogP contribution in [-0.2, 0) is 27.1 Å². The molecule has 1 atom stereocenters. The van der Waals surface area contributed by atoms with Gasteiger partial charge in [0.2, 0.25) is 10.0 Å². The minimum Gasteiger partial charge on any atom is -0.378 e. The van der Waals surface area contributed by atoms with Crippen LogP contribution in [0, 0.1) is 0 Å². The van der Waals surface area contributed by atoms with Gasteiger partial charge in [0.15, 0.2) is 0 Å². The Balaban J connectivity index is 1.77. The zero-order chi connectivity index (χ0) is 15.1. The molecule has 1 unspecified atom stereocenters. The summed E-state index contributed by atoms with van der Waals surface area (Å²) in [6.45, 7) is 1.70. The number of benzene rings is 1. The summed E-state index contributed by atoms with van der Waals surface area (Å²) in [4.78, 5) is 0. The van der Waals surface area contributed by atoms with Crippen LogP contribution in [0.2, 0.25) is 0 Å². The van der Waals surface area contributed by atoms with Crippen LogP contribution in [0.3, 0.4) is 0 Å². The van der Waals surface area contributed by atoms with Crippen LogP contribution in [0.4, 0.5) is 0 Å². The molecule has 1 saturated heterocycles. The van der Waals surface area contributed by atoms with E-state index in [1.165, 1.54) is 6.42 Å². The van der Waals surface area contributed by atoms with E-state index in [2.05, 4.69) is 4.72 Å². The summed E-state index contributed by atoms with van der Waals surface area (Å²) in [7, 11) is -3.29. The van der Waals surface area contributed by atoms with E-state index in [9.17, 15) is 8.42 Å². The molecule has 0 saturated carbocycles. The topological polar surface area (TPSA) is 81.4 Å². The van der Waals surface area contributed by atoms with Crippen molar-refractivity contribution in [3.63, 3.8) is 0 Å². The highest BCUT2D eigenvalue weighted by Crippen LogP contribution is 2.15. The average molecular weight is 312 g/mol. The van der Waals surface area contributed by atoms with Crippen LogP contribution in [0.25, 0.3) is 0 Å². The molecule has 0 spiro atoms. The standard InChI is InChI=1S/C15H24N2O3S/c16-11-13-4-6-14(7-5-13)12-21(18,19)17-9-8-15-3-1-2-10-20-15/h4-7,15,17H,1-3,8-12,16H2. The summed E-state index contributed by atoms with van der Waals surface area (Å²) in [6.07, 6.45) is 4.25. The van der Waals surface area contributed by atoms with Gasteiger partial charge in [-0.2, -0.15) is 0 Å². The second-order valence-corrected chi connectivity index (χ2v) is 7.26. The fraction of sp³-hybridized carbons (Fsp3) is 0.600. The molecule has 5 nitrogen and oxygen atoms in total. The van der Waals surface area contributed by atoms with Gasteiger partial charge in [0.1, 0.15) is 0 Å². The Labute approximate surface area is 126 Å². The Morgan fingerprint density at radius 2 is 1.90 bits per heavy atom. The van der Waals surface area contributed by atoms with Gasteiger partial charge < -0.3 is 10.5 Å². The number of hydrogen-bond acceptors (Lipinski definition) is 4. The first kappa shape index (κ1) is 16.4. The predicted molar refractivity (Wildman–Crippen MR) is 83.2 cm³/mol. The maximum atomic E-state index is 12.0. The number of rotatable bonds is 7. The van der Waals surface area contributed by atoms with Crippen molar-refractivity contribution in [2.24, 2.45) is 5.73 Å². The van der Waals surface area contributed by atoms with Crippen molar-refractivity contribution >= 4 is 10.0 Å². The molecular formula is C15H24N2O3S. The maximum Gasteiger partial charge on any atom is 0.215 e. The van der Waals surface area contributed by atoms with Gasteiger partial charge in [-0.3, -0.25) is 0 Å². The third kappa shape index (κ3) is 5.74. The lowest BCUT2D eigenvalue weighted by Crippen LogP contribution is -2.30. The van der Waals surface area contributed by atoms with E-state index < -0.39 is 10.0 Å². The van der Waals surface area contributed by atoms with Crippen LogP contribution < -0.4 is 10.5 Å². The molecule has 1 aliphatic heterocycles. The molecule has 0 radical (unpaired) electrons. The summed E-state index contributed by atoms with van der Waals surface area (Å²) in [5, 5.41) is 0. The lowest BCUT2D eigenvalue weighted by molar-refractivity contribution is 0.0123. The first-order valence-electron chi connectivity index (χ1n) is 7.46. The van der Waals surface area contributed by atoms with Crippen molar-refractivity contribution in [2.75, 3.05) is 13.2 Å². The van der Waals surface area contributed by atoms with Gasteiger partial charge in [0, 0.05) is 19.7 Å². The molecule has 118 valence electrons. The number of nitrogens with one attached hydrogen (secondary N) is 1. The second kappa shape index (κ2) is 7.89.